The Balaban J connectivity index is 2.86. The minimum Gasteiger partial charge on any atom is -0.388 e. The van der Waals surface area contributed by atoms with Gasteiger partial charge in [-0.1, -0.05) is 6.58 Å². The molecule has 1 rings (SSSR count). The van der Waals surface area contributed by atoms with Crippen molar-refractivity contribution in [1.29, 1.82) is 0 Å². The van der Waals surface area contributed by atoms with E-state index in [4.69, 9.17) is 5.73 Å². The number of likely N-dealkylation sites (N-methyl/N-ethyl adjacent to an activating group) is 1. The lowest BCUT2D eigenvalue weighted by molar-refractivity contribution is 0.484. The van der Waals surface area contributed by atoms with Crippen molar-refractivity contribution in [3.63, 3.8) is 0 Å². The molecule has 1 heterocycles. The number of nitrogens with one attached hydrogen (secondary N) is 1. The standard InChI is InChI=1S/C12H21N3O2S2/c1-3-10(14-4-2)5-6-12(13)19(16,17)15-8-7-11(18)9-15/h3,5-6,11,14,18H,1,4,7-9,13H2,2H3/b10-5+,12-6+. The second kappa shape index (κ2) is 7.02. The Kier molecular flexibility index (Phi) is 5.96. The Labute approximate surface area is 120 Å². The Hall–Kier alpha value is -0.920. The predicted molar refractivity (Wildman–Crippen MR) is 82.1 cm³/mol. The summed E-state index contributed by atoms with van der Waals surface area (Å²) in [5, 5.41) is 2.96. The third kappa shape index (κ3) is 4.29. The number of thiol groups is 1. The van der Waals surface area contributed by atoms with Crippen LogP contribution in [-0.4, -0.2) is 37.6 Å². The van der Waals surface area contributed by atoms with E-state index in [0.717, 1.165) is 18.7 Å². The van der Waals surface area contributed by atoms with Gasteiger partial charge >= 0.3 is 0 Å². The molecule has 0 spiro atoms. The second-order valence-corrected chi connectivity index (χ2v) is 6.90. The van der Waals surface area contributed by atoms with Gasteiger partial charge < -0.3 is 11.1 Å². The normalized spacial score (nSPS) is 22.5. The Morgan fingerprint density at radius 2 is 2.26 bits per heavy atom. The van der Waals surface area contributed by atoms with E-state index in [1.54, 1.807) is 12.2 Å². The van der Waals surface area contributed by atoms with Crippen LogP contribution in [0.5, 0.6) is 0 Å². The van der Waals surface area contributed by atoms with E-state index in [-0.39, 0.29) is 10.3 Å². The SMILES string of the molecule is C=C/C(=C\C=C(/N)S(=O)(=O)N1CCC(S)C1)NCC. The number of sulfonamides is 1. The lowest BCUT2D eigenvalue weighted by Crippen LogP contribution is -2.32. The maximum atomic E-state index is 12.2. The van der Waals surface area contributed by atoms with Gasteiger partial charge in [-0.2, -0.15) is 16.9 Å². The third-order valence-corrected chi connectivity index (χ3v) is 4.96. The summed E-state index contributed by atoms with van der Waals surface area (Å²) in [5.74, 6) is 0. The average Bonchev–Trinajstić information content (AvgIpc) is 2.81. The summed E-state index contributed by atoms with van der Waals surface area (Å²) in [4.78, 5) is 0. The highest BCUT2D eigenvalue weighted by Crippen LogP contribution is 2.20. The molecule has 3 N–H and O–H groups in total. The highest BCUT2D eigenvalue weighted by atomic mass is 32.2. The van der Waals surface area contributed by atoms with E-state index in [0.29, 0.717) is 13.1 Å². The third-order valence-electron chi connectivity index (χ3n) is 2.79. The highest BCUT2D eigenvalue weighted by molar-refractivity contribution is 7.93. The van der Waals surface area contributed by atoms with E-state index in [1.165, 1.54) is 10.4 Å². The van der Waals surface area contributed by atoms with Crippen LogP contribution in [0.25, 0.3) is 0 Å². The van der Waals surface area contributed by atoms with Crippen LogP contribution in [-0.2, 0) is 10.0 Å². The largest absolute Gasteiger partial charge is 0.388 e. The molecule has 19 heavy (non-hydrogen) atoms. The van der Waals surface area contributed by atoms with E-state index in [9.17, 15) is 8.42 Å². The molecular formula is C12H21N3O2S2. The van der Waals surface area contributed by atoms with Crippen molar-refractivity contribution in [2.75, 3.05) is 19.6 Å². The van der Waals surface area contributed by atoms with Crippen LogP contribution in [0.1, 0.15) is 13.3 Å². The van der Waals surface area contributed by atoms with Gasteiger partial charge in [0.1, 0.15) is 5.03 Å². The van der Waals surface area contributed by atoms with E-state index in [2.05, 4.69) is 24.5 Å². The number of nitrogens with zero attached hydrogens (tertiary/aromatic N) is 1. The average molecular weight is 303 g/mol. The summed E-state index contributed by atoms with van der Waals surface area (Å²) in [6, 6.07) is 0. The molecule has 7 heteroatoms. The van der Waals surface area contributed by atoms with Gasteiger partial charge in [0.25, 0.3) is 10.0 Å². The summed E-state index contributed by atoms with van der Waals surface area (Å²) in [7, 11) is -3.57. The Morgan fingerprint density at radius 3 is 2.74 bits per heavy atom. The van der Waals surface area contributed by atoms with Crippen molar-refractivity contribution in [2.24, 2.45) is 5.73 Å². The molecule has 0 radical (unpaired) electrons. The molecule has 0 amide bonds. The van der Waals surface area contributed by atoms with Crippen molar-refractivity contribution in [1.82, 2.24) is 9.62 Å². The molecule has 0 aromatic carbocycles. The number of allylic oxidation sites excluding steroid dienone is 3. The zero-order valence-corrected chi connectivity index (χ0v) is 12.8. The smallest absolute Gasteiger partial charge is 0.257 e. The predicted octanol–water partition coefficient (Wildman–Crippen LogP) is 0.800. The van der Waals surface area contributed by atoms with Crippen molar-refractivity contribution < 1.29 is 8.42 Å². The first-order valence-electron chi connectivity index (χ1n) is 6.13. The van der Waals surface area contributed by atoms with Gasteiger partial charge in [0.15, 0.2) is 0 Å². The Morgan fingerprint density at radius 1 is 1.58 bits per heavy atom. The molecular weight excluding hydrogens is 282 g/mol. The summed E-state index contributed by atoms with van der Waals surface area (Å²) in [5.41, 5.74) is 6.41. The van der Waals surface area contributed by atoms with Gasteiger partial charge in [0, 0.05) is 30.6 Å². The zero-order valence-electron chi connectivity index (χ0n) is 11.0. The molecule has 1 atom stereocenters. The maximum absolute atomic E-state index is 12.2. The van der Waals surface area contributed by atoms with Crippen molar-refractivity contribution in [3.8, 4) is 0 Å². The summed E-state index contributed by atoms with van der Waals surface area (Å²) in [6.45, 7) is 7.18. The lowest BCUT2D eigenvalue weighted by atomic mass is 10.3. The van der Waals surface area contributed by atoms with E-state index < -0.39 is 10.0 Å². The molecule has 1 unspecified atom stereocenters. The van der Waals surface area contributed by atoms with E-state index >= 15 is 0 Å². The molecule has 1 fully saturated rings. The first-order valence-corrected chi connectivity index (χ1v) is 8.09. The Bertz CT molecular complexity index is 483. The number of hydrogen-bond donors (Lipinski definition) is 3. The van der Waals surface area contributed by atoms with Crippen molar-refractivity contribution in [2.45, 2.75) is 18.6 Å². The summed E-state index contributed by atoms with van der Waals surface area (Å²) in [6.07, 6.45) is 5.36. The molecule has 0 aromatic heterocycles. The molecule has 1 aliphatic rings. The fourth-order valence-corrected chi connectivity index (χ4v) is 3.42. The van der Waals surface area contributed by atoms with Gasteiger partial charge in [-0.15, -0.1) is 0 Å². The van der Waals surface area contributed by atoms with Gasteiger partial charge in [-0.05, 0) is 31.6 Å². The molecule has 5 nitrogen and oxygen atoms in total. The van der Waals surface area contributed by atoms with Gasteiger partial charge in [-0.25, -0.2) is 8.42 Å². The van der Waals surface area contributed by atoms with Gasteiger partial charge in [0.05, 0.1) is 0 Å². The maximum Gasteiger partial charge on any atom is 0.257 e. The molecule has 1 saturated heterocycles. The van der Waals surface area contributed by atoms with Crippen LogP contribution >= 0.6 is 12.6 Å². The minimum atomic E-state index is -3.57. The monoisotopic (exact) mass is 303 g/mol. The van der Waals surface area contributed by atoms with E-state index in [1.807, 2.05) is 6.92 Å². The number of nitrogens with two attached hydrogens (primary N) is 1. The van der Waals surface area contributed by atoms with Crippen LogP contribution < -0.4 is 11.1 Å². The molecule has 0 aliphatic carbocycles. The van der Waals surface area contributed by atoms with Gasteiger partial charge in [0.2, 0.25) is 0 Å². The number of rotatable bonds is 6. The van der Waals surface area contributed by atoms with Gasteiger partial charge in [-0.3, -0.25) is 0 Å². The van der Waals surface area contributed by atoms with Crippen LogP contribution in [0.15, 0.2) is 35.5 Å². The molecule has 0 saturated carbocycles. The minimum absolute atomic E-state index is 0.0867. The van der Waals surface area contributed by atoms with Crippen molar-refractivity contribution >= 4 is 22.7 Å². The molecule has 108 valence electrons. The quantitative estimate of drug-likeness (QED) is 0.501. The topological polar surface area (TPSA) is 75.4 Å². The van der Waals surface area contributed by atoms with Crippen molar-refractivity contribution in [3.05, 3.63) is 35.5 Å². The first-order chi connectivity index (χ1) is 8.91. The lowest BCUT2D eigenvalue weighted by Gasteiger charge is -2.15. The number of hydrogen-bond acceptors (Lipinski definition) is 5. The zero-order chi connectivity index (χ0) is 14.5. The van der Waals surface area contributed by atoms with Crippen LogP contribution in [0.2, 0.25) is 0 Å². The van der Waals surface area contributed by atoms with Crippen LogP contribution in [0.4, 0.5) is 0 Å². The second-order valence-electron chi connectivity index (χ2n) is 4.23. The highest BCUT2D eigenvalue weighted by Gasteiger charge is 2.31. The molecule has 0 bridgehead atoms. The summed E-state index contributed by atoms with van der Waals surface area (Å²) < 4.78 is 25.7. The fraction of sp³-hybridized carbons (Fsp3) is 0.500. The molecule has 0 aromatic rings. The molecule has 1 aliphatic heterocycles. The first kappa shape index (κ1) is 16.1. The van der Waals surface area contributed by atoms with Crippen LogP contribution in [0, 0.1) is 0 Å². The van der Waals surface area contributed by atoms with Crippen LogP contribution in [0.3, 0.4) is 0 Å². The fourth-order valence-electron chi connectivity index (χ4n) is 1.74. The summed E-state index contributed by atoms with van der Waals surface area (Å²) >= 11 is 4.28.